The van der Waals surface area contributed by atoms with Crippen LogP contribution in [0.5, 0.6) is 0 Å². The van der Waals surface area contributed by atoms with Gasteiger partial charge < -0.3 is 11.1 Å². The van der Waals surface area contributed by atoms with Crippen molar-refractivity contribution in [2.45, 2.75) is 19.4 Å². The van der Waals surface area contributed by atoms with Gasteiger partial charge in [-0.1, -0.05) is 6.92 Å². The van der Waals surface area contributed by atoms with Crippen LogP contribution in [0.25, 0.3) is 0 Å². The largest absolute Gasteiger partial charge is 0.323 e. The predicted octanol–water partition coefficient (Wildman–Crippen LogP) is 0.666. The third kappa shape index (κ3) is 2.79. The Balaban J connectivity index is 1.70. The molecule has 0 spiro atoms. The molecule has 4 heteroatoms. The van der Waals surface area contributed by atoms with E-state index in [4.69, 9.17) is 5.73 Å². The SMILES string of the molecule is CC1CC1CNCC(N)c1cnn(C)c1. The Morgan fingerprint density at radius 2 is 2.47 bits per heavy atom. The lowest BCUT2D eigenvalue weighted by Crippen LogP contribution is -2.28. The van der Waals surface area contributed by atoms with E-state index < -0.39 is 0 Å². The van der Waals surface area contributed by atoms with Crippen LogP contribution in [-0.2, 0) is 7.05 Å². The second kappa shape index (κ2) is 4.33. The van der Waals surface area contributed by atoms with Crippen molar-refractivity contribution >= 4 is 0 Å². The van der Waals surface area contributed by atoms with E-state index in [1.807, 2.05) is 19.4 Å². The third-order valence-electron chi connectivity index (χ3n) is 3.20. The maximum absolute atomic E-state index is 6.03. The number of rotatable bonds is 5. The van der Waals surface area contributed by atoms with Gasteiger partial charge in [0.2, 0.25) is 0 Å². The Bertz CT molecular complexity index is 320. The summed E-state index contributed by atoms with van der Waals surface area (Å²) in [7, 11) is 1.91. The zero-order valence-corrected chi connectivity index (χ0v) is 9.48. The van der Waals surface area contributed by atoms with Crippen molar-refractivity contribution in [3.05, 3.63) is 18.0 Å². The smallest absolute Gasteiger partial charge is 0.0537 e. The summed E-state index contributed by atoms with van der Waals surface area (Å²) >= 11 is 0. The van der Waals surface area contributed by atoms with E-state index in [0.29, 0.717) is 0 Å². The van der Waals surface area contributed by atoms with E-state index in [2.05, 4.69) is 17.3 Å². The first kappa shape index (κ1) is 10.6. The van der Waals surface area contributed by atoms with Gasteiger partial charge >= 0.3 is 0 Å². The number of nitrogens with one attached hydrogen (secondary N) is 1. The topological polar surface area (TPSA) is 55.9 Å². The first-order valence-corrected chi connectivity index (χ1v) is 5.61. The zero-order chi connectivity index (χ0) is 10.8. The molecule has 1 aromatic heterocycles. The second-order valence-corrected chi connectivity index (χ2v) is 4.69. The minimum Gasteiger partial charge on any atom is -0.323 e. The summed E-state index contributed by atoms with van der Waals surface area (Å²) < 4.78 is 1.79. The summed E-state index contributed by atoms with van der Waals surface area (Å²) in [5, 5.41) is 7.54. The zero-order valence-electron chi connectivity index (χ0n) is 9.48. The first-order chi connectivity index (χ1) is 7.16. The highest BCUT2D eigenvalue weighted by molar-refractivity contribution is 5.09. The maximum Gasteiger partial charge on any atom is 0.0537 e. The summed E-state index contributed by atoms with van der Waals surface area (Å²) in [6.45, 7) is 4.25. The molecule has 3 N–H and O–H groups in total. The highest BCUT2D eigenvalue weighted by Crippen LogP contribution is 2.36. The molecule has 1 aromatic rings. The van der Waals surface area contributed by atoms with Crippen molar-refractivity contribution in [2.75, 3.05) is 13.1 Å². The van der Waals surface area contributed by atoms with Crippen LogP contribution in [0.4, 0.5) is 0 Å². The molecule has 0 aliphatic heterocycles. The lowest BCUT2D eigenvalue weighted by Gasteiger charge is -2.10. The summed E-state index contributed by atoms with van der Waals surface area (Å²) in [5.41, 5.74) is 7.14. The standard InChI is InChI=1S/C11H20N4/c1-8-3-9(8)4-13-6-11(12)10-5-14-15(2)7-10/h5,7-9,11,13H,3-4,6,12H2,1-2H3. The van der Waals surface area contributed by atoms with Crippen LogP contribution in [0.15, 0.2) is 12.4 Å². The van der Waals surface area contributed by atoms with Gasteiger partial charge in [-0.15, -0.1) is 0 Å². The fourth-order valence-electron chi connectivity index (χ4n) is 1.86. The maximum atomic E-state index is 6.03. The van der Waals surface area contributed by atoms with E-state index >= 15 is 0 Å². The molecule has 4 nitrogen and oxygen atoms in total. The molecule has 3 atom stereocenters. The van der Waals surface area contributed by atoms with Crippen molar-refractivity contribution < 1.29 is 0 Å². The van der Waals surface area contributed by atoms with Gasteiger partial charge in [-0.2, -0.15) is 5.10 Å². The Hall–Kier alpha value is -0.870. The normalized spacial score (nSPS) is 26.6. The Morgan fingerprint density at radius 3 is 3.00 bits per heavy atom. The fraction of sp³-hybridized carbons (Fsp3) is 0.727. The molecule has 0 amide bonds. The van der Waals surface area contributed by atoms with Gasteiger partial charge in [0.1, 0.15) is 0 Å². The molecule has 3 unspecified atom stereocenters. The van der Waals surface area contributed by atoms with E-state index in [0.717, 1.165) is 30.5 Å². The monoisotopic (exact) mass is 208 g/mol. The average molecular weight is 208 g/mol. The highest BCUT2D eigenvalue weighted by atomic mass is 15.2. The molecule has 1 aliphatic rings. The quantitative estimate of drug-likeness (QED) is 0.747. The predicted molar refractivity (Wildman–Crippen MR) is 60.3 cm³/mol. The van der Waals surface area contributed by atoms with Gasteiger partial charge in [0, 0.05) is 31.4 Å². The Labute approximate surface area is 90.8 Å². The minimum atomic E-state index is 0.0627. The average Bonchev–Trinajstić information content (AvgIpc) is 2.73. The third-order valence-corrected chi connectivity index (χ3v) is 3.20. The molecular formula is C11H20N4. The van der Waals surface area contributed by atoms with Gasteiger partial charge in [-0.3, -0.25) is 4.68 Å². The van der Waals surface area contributed by atoms with Crippen LogP contribution in [0.3, 0.4) is 0 Å². The van der Waals surface area contributed by atoms with Crippen molar-refractivity contribution in [2.24, 2.45) is 24.6 Å². The Morgan fingerprint density at radius 1 is 1.73 bits per heavy atom. The highest BCUT2D eigenvalue weighted by Gasteiger charge is 2.31. The van der Waals surface area contributed by atoms with Crippen LogP contribution < -0.4 is 11.1 Å². The van der Waals surface area contributed by atoms with Crippen LogP contribution >= 0.6 is 0 Å². The van der Waals surface area contributed by atoms with Gasteiger partial charge in [0.05, 0.1) is 6.20 Å². The Kier molecular flexibility index (Phi) is 3.07. The molecule has 1 aliphatic carbocycles. The van der Waals surface area contributed by atoms with Crippen LogP contribution in [0, 0.1) is 11.8 Å². The lowest BCUT2D eigenvalue weighted by atomic mass is 10.2. The van der Waals surface area contributed by atoms with E-state index in [1.54, 1.807) is 4.68 Å². The van der Waals surface area contributed by atoms with Crippen molar-refractivity contribution in [1.29, 1.82) is 0 Å². The summed E-state index contributed by atoms with van der Waals surface area (Å²) in [5.74, 6) is 1.79. The summed E-state index contributed by atoms with van der Waals surface area (Å²) in [6, 6.07) is 0.0627. The number of nitrogens with two attached hydrogens (primary N) is 1. The molecule has 0 bridgehead atoms. The van der Waals surface area contributed by atoms with Gasteiger partial charge in [-0.25, -0.2) is 0 Å². The summed E-state index contributed by atoms with van der Waals surface area (Å²) in [6.07, 6.45) is 5.19. The van der Waals surface area contributed by atoms with Gasteiger partial charge in [0.15, 0.2) is 0 Å². The molecule has 15 heavy (non-hydrogen) atoms. The van der Waals surface area contributed by atoms with Crippen LogP contribution in [-0.4, -0.2) is 22.9 Å². The van der Waals surface area contributed by atoms with Gasteiger partial charge in [-0.05, 0) is 24.8 Å². The minimum absolute atomic E-state index is 0.0627. The van der Waals surface area contributed by atoms with Crippen molar-refractivity contribution in [3.8, 4) is 0 Å². The molecule has 0 saturated heterocycles. The molecule has 84 valence electrons. The van der Waals surface area contributed by atoms with Gasteiger partial charge in [0.25, 0.3) is 0 Å². The molecule has 1 fully saturated rings. The number of hydrogen-bond donors (Lipinski definition) is 2. The molecule has 0 radical (unpaired) electrons. The molecular weight excluding hydrogens is 188 g/mol. The van der Waals surface area contributed by atoms with E-state index in [-0.39, 0.29) is 6.04 Å². The van der Waals surface area contributed by atoms with Crippen molar-refractivity contribution in [1.82, 2.24) is 15.1 Å². The number of hydrogen-bond acceptors (Lipinski definition) is 3. The van der Waals surface area contributed by atoms with Crippen LogP contribution in [0.1, 0.15) is 24.9 Å². The molecule has 0 aromatic carbocycles. The number of aromatic nitrogens is 2. The number of nitrogens with zero attached hydrogens (tertiary/aromatic N) is 2. The second-order valence-electron chi connectivity index (χ2n) is 4.69. The molecule has 1 saturated carbocycles. The number of aryl methyl sites for hydroxylation is 1. The van der Waals surface area contributed by atoms with Crippen molar-refractivity contribution in [3.63, 3.8) is 0 Å². The fourth-order valence-corrected chi connectivity index (χ4v) is 1.86. The van der Waals surface area contributed by atoms with E-state index in [1.165, 1.54) is 6.42 Å². The summed E-state index contributed by atoms with van der Waals surface area (Å²) in [4.78, 5) is 0. The lowest BCUT2D eigenvalue weighted by molar-refractivity contribution is 0.560. The molecule has 2 rings (SSSR count). The van der Waals surface area contributed by atoms with Crippen LogP contribution in [0.2, 0.25) is 0 Å². The van der Waals surface area contributed by atoms with E-state index in [9.17, 15) is 0 Å². The molecule has 1 heterocycles. The first-order valence-electron chi connectivity index (χ1n) is 5.61.